The number of hydrogen-bond acceptors (Lipinski definition) is 3. The highest BCUT2D eigenvalue weighted by molar-refractivity contribution is 6.18. The maximum Gasteiger partial charge on any atom is 0.0638 e. The lowest BCUT2D eigenvalue weighted by Gasteiger charge is -2.16. The average molecular weight is 317 g/mol. The average Bonchev–Trinajstić information content (AvgIpc) is 2.63. The summed E-state index contributed by atoms with van der Waals surface area (Å²) in [6.07, 6.45) is 16.3. The fourth-order valence-corrected chi connectivity index (χ4v) is 2.71. The number of allylic oxidation sites excluding steroid dienone is 6. The normalized spacial score (nSPS) is 17.8. The second kappa shape index (κ2) is 7.84. The quantitative estimate of drug-likeness (QED) is 0.751. The van der Waals surface area contributed by atoms with Crippen LogP contribution < -0.4 is 5.32 Å². The van der Waals surface area contributed by atoms with Crippen molar-refractivity contribution in [1.82, 2.24) is 5.32 Å². The zero-order valence-electron chi connectivity index (χ0n) is 14.0. The van der Waals surface area contributed by atoms with Crippen LogP contribution in [-0.2, 0) is 0 Å². The van der Waals surface area contributed by atoms with Gasteiger partial charge < -0.3 is 10.7 Å². The molecule has 2 aliphatic rings. The van der Waals surface area contributed by atoms with Gasteiger partial charge in [-0.1, -0.05) is 30.4 Å². The van der Waals surface area contributed by atoms with Crippen molar-refractivity contribution in [3.05, 3.63) is 77.9 Å². The van der Waals surface area contributed by atoms with Crippen LogP contribution in [0.15, 0.2) is 77.4 Å². The highest BCUT2D eigenvalue weighted by Crippen LogP contribution is 2.19. The van der Waals surface area contributed by atoms with Crippen molar-refractivity contribution in [1.29, 1.82) is 5.41 Å². The summed E-state index contributed by atoms with van der Waals surface area (Å²) in [4.78, 5) is 4.58. The van der Waals surface area contributed by atoms with E-state index in [0.717, 1.165) is 30.8 Å². The summed E-state index contributed by atoms with van der Waals surface area (Å²) in [6, 6.07) is 8.64. The first-order chi connectivity index (χ1) is 11.7. The van der Waals surface area contributed by atoms with E-state index >= 15 is 0 Å². The summed E-state index contributed by atoms with van der Waals surface area (Å²) in [7, 11) is 0. The van der Waals surface area contributed by atoms with Crippen LogP contribution in [-0.4, -0.2) is 18.0 Å². The Bertz CT molecular complexity index is 728. The third kappa shape index (κ3) is 4.49. The van der Waals surface area contributed by atoms with E-state index in [2.05, 4.69) is 47.6 Å². The van der Waals surface area contributed by atoms with Gasteiger partial charge in [0.1, 0.15) is 0 Å². The van der Waals surface area contributed by atoms with E-state index in [9.17, 15) is 0 Å². The fourth-order valence-electron chi connectivity index (χ4n) is 2.71. The summed E-state index contributed by atoms with van der Waals surface area (Å²) >= 11 is 0. The van der Waals surface area contributed by atoms with Crippen LogP contribution in [0.25, 0.3) is 0 Å². The Hall–Kier alpha value is -2.52. The minimum Gasteiger partial charge on any atom is -0.306 e. The van der Waals surface area contributed by atoms with Gasteiger partial charge in [0, 0.05) is 12.6 Å². The third-order valence-electron chi connectivity index (χ3n) is 4.20. The van der Waals surface area contributed by atoms with Crippen molar-refractivity contribution in [2.24, 2.45) is 4.99 Å². The fraction of sp³-hybridized carbons (Fsp3) is 0.238. The second-order valence-corrected chi connectivity index (χ2v) is 6.11. The van der Waals surface area contributed by atoms with Crippen LogP contribution >= 0.6 is 0 Å². The van der Waals surface area contributed by atoms with Crippen molar-refractivity contribution in [2.45, 2.75) is 25.8 Å². The molecule has 0 radical (unpaired) electrons. The molecule has 0 amide bonds. The standard InChI is InChI=1S/C21H23N3/c1-16(23-15-17-5-3-2-4-6-17)18-7-11-20(12-8-18)24-21-13-9-19(22)10-14-21/h3,5-14,16,22-23H,2,4,15H2,1H3. The highest BCUT2D eigenvalue weighted by atomic mass is 14.9. The van der Waals surface area contributed by atoms with Crippen molar-refractivity contribution >= 4 is 17.1 Å². The van der Waals surface area contributed by atoms with Crippen molar-refractivity contribution in [3.63, 3.8) is 0 Å². The molecule has 2 aliphatic carbocycles. The molecule has 0 aliphatic heterocycles. The van der Waals surface area contributed by atoms with Gasteiger partial charge in [0.25, 0.3) is 0 Å². The number of nitrogens with zero attached hydrogens (tertiary/aromatic N) is 1. The molecule has 0 spiro atoms. The van der Waals surface area contributed by atoms with Gasteiger partial charge in [-0.15, -0.1) is 0 Å². The Morgan fingerprint density at radius 1 is 1.04 bits per heavy atom. The molecule has 0 saturated heterocycles. The second-order valence-electron chi connectivity index (χ2n) is 6.11. The Labute approximate surface area is 143 Å². The molecule has 2 N–H and O–H groups in total. The van der Waals surface area contributed by atoms with E-state index in [1.807, 2.05) is 24.3 Å². The molecule has 3 nitrogen and oxygen atoms in total. The Kier molecular flexibility index (Phi) is 5.34. The van der Waals surface area contributed by atoms with Crippen molar-refractivity contribution in [2.75, 3.05) is 6.54 Å². The molecule has 0 bridgehead atoms. The van der Waals surface area contributed by atoms with Gasteiger partial charge >= 0.3 is 0 Å². The zero-order chi connectivity index (χ0) is 16.8. The Morgan fingerprint density at radius 2 is 1.79 bits per heavy atom. The van der Waals surface area contributed by atoms with Gasteiger partial charge in [-0.05, 0) is 67.3 Å². The summed E-state index contributed by atoms with van der Waals surface area (Å²) in [6.45, 7) is 3.09. The summed E-state index contributed by atoms with van der Waals surface area (Å²) in [5, 5.41) is 11.1. The van der Waals surface area contributed by atoms with E-state index in [4.69, 9.17) is 5.41 Å². The molecule has 3 heteroatoms. The molecule has 0 fully saturated rings. The molecule has 1 aromatic rings. The molecule has 0 heterocycles. The molecule has 0 aromatic heterocycles. The van der Waals surface area contributed by atoms with E-state index in [1.165, 1.54) is 11.1 Å². The van der Waals surface area contributed by atoms with Gasteiger partial charge in [-0.25, -0.2) is 4.99 Å². The summed E-state index contributed by atoms with van der Waals surface area (Å²) < 4.78 is 0. The lowest BCUT2D eigenvalue weighted by atomic mass is 10.1. The lowest BCUT2D eigenvalue weighted by molar-refractivity contribution is 0.609. The van der Waals surface area contributed by atoms with Crippen LogP contribution in [0.4, 0.5) is 5.69 Å². The maximum atomic E-state index is 7.50. The molecular weight excluding hydrogens is 294 g/mol. The molecule has 24 heavy (non-hydrogen) atoms. The first kappa shape index (κ1) is 16.3. The van der Waals surface area contributed by atoms with Crippen LogP contribution in [0.5, 0.6) is 0 Å². The smallest absolute Gasteiger partial charge is 0.0638 e. The number of benzene rings is 1. The molecule has 1 unspecified atom stereocenters. The van der Waals surface area contributed by atoms with E-state index in [-0.39, 0.29) is 0 Å². The molecule has 0 saturated carbocycles. The van der Waals surface area contributed by atoms with Crippen LogP contribution in [0.3, 0.4) is 0 Å². The SMILES string of the molecule is CC(NCC1=CCCC=C1)c1ccc(N=C2C=CC(=N)C=C2)cc1. The van der Waals surface area contributed by atoms with Gasteiger partial charge in [0.15, 0.2) is 0 Å². The van der Waals surface area contributed by atoms with Gasteiger partial charge in [-0.2, -0.15) is 0 Å². The summed E-state index contributed by atoms with van der Waals surface area (Å²) in [5.74, 6) is 0. The van der Waals surface area contributed by atoms with Crippen LogP contribution in [0.2, 0.25) is 0 Å². The minimum atomic E-state index is 0.304. The lowest BCUT2D eigenvalue weighted by Crippen LogP contribution is -2.21. The van der Waals surface area contributed by atoms with Crippen molar-refractivity contribution < 1.29 is 0 Å². The highest BCUT2D eigenvalue weighted by Gasteiger charge is 2.06. The monoisotopic (exact) mass is 317 g/mol. The van der Waals surface area contributed by atoms with Crippen LogP contribution in [0, 0.1) is 5.41 Å². The van der Waals surface area contributed by atoms with Gasteiger partial charge in [0.2, 0.25) is 0 Å². The van der Waals surface area contributed by atoms with Crippen molar-refractivity contribution in [3.8, 4) is 0 Å². The molecule has 1 atom stereocenters. The first-order valence-electron chi connectivity index (χ1n) is 8.43. The van der Waals surface area contributed by atoms with E-state index < -0.39 is 0 Å². The first-order valence-corrected chi connectivity index (χ1v) is 8.43. The number of aliphatic imine (C=N–C) groups is 1. The van der Waals surface area contributed by atoms with E-state index in [0.29, 0.717) is 11.8 Å². The Morgan fingerprint density at radius 3 is 2.46 bits per heavy atom. The minimum absolute atomic E-state index is 0.304. The molecule has 3 rings (SSSR count). The molecular formula is C21H23N3. The predicted octanol–water partition coefficient (Wildman–Crippen LogP) is 4.83. The van der Waals surface area contributed by atoms with E-state index in [1.54, 1.807) is 12.2 Å². The predicted molar refractivity (Wildman–Crippen MR) is 102 cm³/mol. The zero-order valence-corrected chi connectivity index (χ0v) is 14.0. The third-order valence-corrected chi connectivity index (χ3v) is 4.20. The number of nitrogens with one attached hydrogen (secondary N) is 2. The maximum absolute atomic E-state index is 7.50. The number of rotatable bonds is 5. The number of hydrogen-bond donors (Lipinski definition) is 2. The van der Waals surface area contributed by atoms with Gasteiger partial charge in [-0.3, -0.25) is 0 Å². The topological polar surface area (TPSA) is 48.2 Å². The van der Waals surface area contributed by atoms with Crippen LogP contribution in [0.1, 0.15) is 31.4 Å². The summed E-state index contributed by atoms with van der Waals surface area (Å²) in [5.41, 5.74) is 4.95. The van der Waals surface area contributed by atoms with Gasteiger partial charge in [0.05, 0.1) is 17.1 Å². The molecule has 1 aromatic carbocycles. The largest absolute Gasteiger partial charge is 0.306 e. The Balaban J connectivity index is 1.59. The molecule has 122 valence electrons.